The molecule has 0 aliphatic heterocycles. The molecule has 1 aromatic carbocycles. The standard InChI is InChI=1S/C13H15ClN4O2/c1-19-11-6-8(5-9(14)13(11)20-2)12(18-15)10-7-16-3-4-17-10/h3-7,12,18H,15H2,1-2H3. The minimum absolute atomic E-state index is 0.346. The van der Waals surface area contributed by atoms with Gasteiger partial charge in [0, 0.05) is 12.4 Å². The number of benzene rings is 1. The van der Waals surface area contributed by atoms with Crippen LogP contribution in [0.1, 0.15) is 17.3 Å². The number of halogens is 1. The molecule has 0 radical (unpaired) electrons. The van der Waals surface area contributed by atoms with Crippen molar-refractivity contribution in [2.75, 3.05) is 14.2 Å². The number of nitrogens with zero attached hydrogens (tertiary/aromatic N) is 2. The maximum absolute atomic E-state index is 6.19. The number of nitrogens with two attached hydrogens (primary N) is 1. The lowest BCUT2D eigenvalue weighted by atomic mass is 10.0. The fourth-order valence-corrected chi connectivity index (χ4v) is 2.21. The number of hydrazine groups is 1. The van der Waals surface area contributed by atoms with Crippen molar-refractivity contribution in [1.29, 1.82) is 0 Å². The second-order valence-corrected chi connectivity index (χ2v) is 4.38. The van der Waals surface area contributed by atoms with Gasteiger partial charge in [-0.05, 0) is 17.7 Å². The highest BCUT2D eigenvalue weighted by Gasteiger charge is 2.19. The van der Waals surface area contributed by atoms with Crippen LogP contribution in [0.2, 0.25) is 5.02 Å². The van der Waals surface area contributed by atoms with Gasteiger partial charge in [0.05, 0.1) is 37.2 Å². The highest BCUT2D eigenvalue weighted by Crippen LogP contribution is 2.38. The Hall–Kier alpha value is -1.89. The van der Waals surface area contributed by atoms with Crippen molar-refractivity contribution < 1.29 is 9.47 Å². The van der Waals surface area contributed by atoms with Crippen molar-refractivity contribution in [3.05, 3.63) is 47.0 Å². The van der Waals surface area contributed by atoms with E-state index in [4.69, 9.17) is 26.9 Å². The molecule has 1 unspecified atom stereocenters. The molecule has 2 rings (SSSR count). The van der Waals surface area contributed by atoms with Gasteiger partial charge in [-0.15, -0.1) is 0 Å². The summed E-state index contributed by atoms with van der Waals surface area (Å²) < 4.78 is 10.5. The summed E-state index contributed by atoms with van der Waals surface area (Å²) in [7, 11) is 3.08. The van der Waals surface area contributed by atoms with E-state index in [1.165, 1.54) is 7.11 Å². The minimum atomic E-state index is -0.346. The van der Waals surface area contributed by atoms with E-state index in [-0.39, 0.29) is 6.04 Å². The molecule has 0 saturated carbocycles. The van der Waals surface area contributed by atoms with Crippen LogP contribution in [0.15, 0.2) is 30.7 Å². The lowest BCUT2D eigenvalue weighted by Gasteiger charge is -2.18. The molecule has 106 valence electrons. The summed E-state index contributed by atoms with van der Waals surface area (Å²) in [5.41, 5.74) is 4.17. The number of hydrogen-bond acceptors (Lipinski definition) is 6. The Kier molecular flexibility index (Phi) is 4.73. The zero-order valence-corrected chi connectivity index (χ0v) is 11.9. The maximum Gasteiger partial charge on any atom is 0.179 e. The molecule has 0 aliphatic rings. The van der Waals surface area contributed by atoms with E-state index in [9.17, 15) is 0 Å². The number of ether oxygens (including phenoxy) is 2. The van der Waals surface area contributed by atoms with E-state index < -0.39 is 0 Å². The molecule has 20 heavy (non-hydrogen) atoms. The second kappa shape index (κ2) is 6.51. The average Bonchev–Trinajstić information content (AvgIpc) is 2.48. The molecular formula is C13H15ClN4O2. The molecule has 7 heteroatoms. The predicted octanol–water partition coefficient (Wildman–Crippen LogP) is 1.70. The molecule has 3 N–H and O–H groups in total. The number of methoxy groups -OCH3 is 2. The van der Waals surface area contributed by atoms with Crippen LogP contribution in [-0.2, 0) is 0 Å². The molecule has 0 saturated heterocycles. The molecule has 0 bridgehead atoms. The van der Waals surface area contributed by atoms with Crippen LogP contribution < -0.4 is 20.7 Å². The van der Waals surface area contributed by atoms with E-state index in [2.05, 4.69) is 15.4 Å². The Labute approximate surface area is 121 Å². The molecule has 0 spiro atoms. The van der Waals surface area contributed by atoms with Gasteiger partial charge in [-0.1, -0.05) is 11.6 Å². The predicted molar refractivity (Wildman–Crippen MR) is 75.8 cm³/mol. The van der Waals surface area contributed by atoms with Gasteiger partial charge in [0.15, 0.2) is 11.5 Å². The van der Waals surface area contributed by atoms with Crippen molar-refractivity contribution in [3.63, 3.8) is 0 Å². The average molecular weight is 295 g/mol. The van der Waals surface area contributed by atoms with Crippen LogP contribution in [0, 0.1) is 0 Å². The Bertz CT molecular complexity index is 580. The van der Waals surface area contributed by atoms with Gasteiger partial charge in [-0.3, -0.25) is 15.8 Å². The van der Waals surface area contributed by atoms with Crippen molar-refractivity contribution in [2.45, 2.75) is 6.04 Å². The van der Waals surface area contributed by atoms with Crippen molar-refractivity contribution in [3.8, 4) is 11.5 Å². The monoisotopic (exact) mass is 294 g/mol. The number of hydrogen-bond donors (Lipinski definition) is 2. The van der Waals surface area contributed by atoms with Gasteiger partial charge >= 0.3 is 0 Å². The quantitative estimate of drug-likeness (QED) is 0.645. The maximum atomic E-state index is 6.19. The molecule has 6 nitrogen and oxygen atoms in total. The first-order valence-electron chi connectivity index (χ1n) is 5.84. The van der Waals surface area contributed by atoms with Gasteiger partial charge in [-0.25, -0.2) is 5.43 Å². The van der Waals surface area contributed by atoms with Crippen LogP contribution in [0.4, 0.5) is 0 Å². The third kappa shape index (κ3) is 2.82. The largest absolute Gasteiger partial charge is 0.493 e. The molecule has 0 amide bonds. The molecule has 1 atom stereocenters. The zero-order chi connectivity index (χ0) is 14.5. The topological polar surface area (TPSA) is 82.3 Å². The van der Waals surface area contributed by atoms with E-state index >= 15 is 0 Å². The fraction of sp³-hybridized carbons (Fsp3) is 0.231. The van der Waals surface area contributed by atoms with Gasteiger partial charge in [0.1, 0.15) is 0 Å². The first-order valence-corrected chi connectivity index (χ1v) is 6.22. The number of nitrogens with one attached hydrogen (secondary N) is 1. The number of aromatic nitrogens is 2. The van der Waals surface area contributed by atoms with E-state index in [0.29, 0.717) is 22.2 Å². The lowest BCUT2D eigenvalue weighted by Crippen LogP contribution is -2.29. The molecule has 0 fully saturated rings. The van der Waals surface area contributed by atoms with Crippen molar-refractivity contribution >= 4 is 11.6 Å². The van der Waals surface area contributed by atoms with Crippen LogP contribution in [-0.4, -0.2) is 24.2 Å². The lowest BCUT2D eigenvalue weighted by molar-refractivity contribution is 0.354. The van der Waals surface area contributed by atoms with E-state index in [1.54, 1.807) is 37.8 Å². The van der Waals surface area contributed by atoms with Crippen LogP contribution in [0.25, 0.3) is 0 Å². The van der Waals surface area contributed by atoms with Crippen LogP contribution >= 0.6 is 11.6 Å². The Balaban J connectivity index is 2.48. The van der Waals surface area contributed by atoms with Gasteiger partial charge in [0.25, 0.3) is 0 Å². The summed E-state index contributed by atoms with van der Waals surface area (Å²) in [5.74, 6) is 6.62. The second-order valence-electron chi connectivity index (χ2n) is 3.97. The zero-order valence-electron chi connectivity index (χ0n) is 11.1. The Morgan fingerprint density at radius 3 is 2.60 bits per heavy atom. The van der Waals surface area contributed by atoms with Crippen molar-refractivity contribution in [2.24, 2.45) is 5.84 Å². The summed E-state index contributed by atoms with van der Waals surface area (Å²) in [6.07, 6.45) is 4.83. The van der Waals surface area contributed by atoms with Crippen LogP contribution in [0.3, 0.4) is 0 Å². The minimum Gasteiger partial charge on any atom is -0.493 e. The Morgan fingerprint density at radius 1 is 1.25 bits per heavy atom. The normalized spacial score (nSPS) is 12.0. The fourth-order valence-electron chi connectivity index (χ4n) is 1.92. The smallest absolute Gasteiger partial charge is 0.179 e. The molecule has 1 heterocycles. The third-order valence-electron chi connectivity index (χ3n) is 2.83. The number of rotatable bonds is 5. The third-order valence-corrected chi connectivity index (χ3v) is 3.12. The molecule has 0 aliphatic carbocycles. The molecule has 1 aromatic heterocycles. The summed E-state index contributed by atoms with van der Waals surface area (Å²) in [5, 5.41) is 0.436. The first kappa shape index (κ1) is 14.5. The van der Waals surface area contributed by atoms with Crippen LogP contribution in [0.5, 0.6) is 11.5 Å². The molecular weight excluding hydrogens is 280 g/mol. The van der Waals surface area contributed by atoms with E-state index in [0.717, 1.165) is 5.56 Å². The SMILES string of the molecule is COc1cc(C(NN)c2cnccn2)cc(Cl)c1OC. The van der Waals surface area contributed by atoms with Gasteiger partial charge in [0.2, 0.25) is 0 Å². The summed E-state index contributed by atoms with van der Waals surface area (Å²) in [6.45, 7) is 0. The summed E-state index contributed by atoms with van der Waals surface area (Å²) >= 11 is 6.19. The first-order chi connectivity index (χ1) is 9.71. The van der Waals surface area contributed by atoms with Crippen molar-refractivity contribution in [1.82, 2.24) is 15.4 Å². The van der Waals surface area contributed by atoms with Gasteiger partial charge in [-0.2, -0.15) is 0 Å². The summed E-state index contributed by atoms with van der Waals surface area (Å²) in [4.78, 5) is 8.26. The van der Waals surface area contributed by atoms with Gasteiger partial charge < -0.3 is 9.47 Å². The highest BCUT2D eigenvalue weighted by atomic mass is 35.5. The molecule has 2 aromatic rings. The Morgan fingerprint density at radius 2 is 2.05 bits per heavy atom. The van der Waals surface area contributed by atoms with E-state index in [1.807, 2.05) is 0 Å². The highest BCUT2D eigenvalue weighted by molar-refractivity contribution is 6.32. The summed E-state index contributed by atoms with van der Waals surface area (Å²) in [6, 6.07) is 3.20.